The van der Waals surface area contributed by atoms with E-state index in [-0.39, 0.29) is 0 Å². The molecule has 2 fully saturated rings. The zero-order valence-electron chi connectivity index (χ0n) is 19.4. The molecule has 2 aromatic carbocycles. The van der Waals surface area contributed by atoms with Gasteiger partial charge in [-0.15, -0.1) is 11.3 Å². The van der Waals surface area contributed by atoms with Crippen molar-refractivity contribution in [3.8, 4) is 5.69 Å². The van der Waals surface area contributed by atoms with Gasteiger partial charge in [0.15, 0.2) is 12.1 Å². The monoisotopic (exact) mass is 493 g/mol. The van der Waals surface area contributed by atoms with E-state index < -0.39 is 36.7 Å². The fourth-order valence-electron chi connectivity index (χ4n) is 4.72. The van der Waals surface area contributed by atoms with Crippen molar-refractivity contribution in [1.82, 2.24) is 19.7 Å². The van der Waals surface area contributed by atoms with Crippen molar-refractivity contribution in [3.63, 3.8) is 0 Å². The number of hydrogen-bond donors (Lipinski definition) is 2. The van der Waals surface area contributed by atoms with Crippen LogP contribution in [0.5, 0.6) is 0 Å². The molecule has 2 saturated heterocycles. The fourth-order valence-corrected chi connectivity index (χ4v) is 5.66. The van der Waals surface area contributed by atoms with E-state index in [9.17, 15) is 5.11 Å². The van der Waals surface area contributed by atoms with Crippen LogP contribution in [0.3, 0.4) is 0 Å². The molecule has 4 heterocycles. The summed E-state index contributed by atoms with van der Waals surface area (Å²) in [5.41, 5.74) is 9.19. The molecule has 182 valence electrons. The Morgan fingerprint density at radius 2 is 1.97 bits per heavy atom. The molecule has 2 aromatic heterocycles. The molecule has 0 saturated carbocycles. The number of aromatic nitrogens is 4. The molecular weight excluding hydrogens is 466 g/mol. The highest BCUT2D eigenvalue weighted by Crippen LogP contribution is 2.38. The normalized spacial score (nSPS) is 28.8. The largest absolute Gasteiger partial charge is 0.388 e. The molecule has 6 atom stereocenters. The van der Waals surface area contributed by atoms with Gasteiger partial charge >= 0.3 is 0 Å². The minimum absolute atomic E-state index is 0.293. The molecule has 0 spiro atoms. The average molecular weight is 494 g/mol. The van der Waals surface area contributed by atoms with E-state index in [1.807, 2.05) is 55.5 Å². The Bertz CT molecular complexity index is 1340. The van der Waals surface area contributed by atoms with Crippen LogP contribution in [-0.2, 0) is 20.6 Å². The summed E-state index contributed by atoms with van der Waals surface area (Å²) >= 11 is 1.66. The number of ether oxygens (including phenoxy) is 3. The van der Waals surface area contributed by atoms with Crippen LogP contribution in [0, 0.1) is 6.92 Å². The van der Waals surface area contributed by atoms with E-state index in [2.05, 4.69) is 22.0 Å². The van der Waals surface area contributed by atoms with E-state index in [0.29, 0.717) is 18.3 Å². The van der Waals surface area contributed by atoms with Crippen molar-refractivity contribution in [2.75, 3.05) is 6.61 Å². The second-order valence-corrected chi connectivity index (χ2v) is 10.00. The molecule has 0 aliphatic carbocycles. The highest BCUT2D eigenvalue weighted by molar-refractivity contribution is 7.18. The Morgan fingerprint density at radius 3 is 2.77 bits per heavy atom. The summed E-state index contributed by atoms with van der Waals surface area (Å²) in [6, 6.07) is 15.0. The lowest BCUT2D eigenvalue weighted by Crippen LogP contribution is -2.62. The number of nitrogens with two attached hydrogens (primary N) is 1. The predicted octanol–water partition coefficient (Wildman–Crippen LogP) is 2.99. The zero-order valence-corrected chi connectivity index (χ0v) is 20.3. The number of benzene rings is 2. The van der Waals surface area contributed by atoms with Gasteiger partial charge in [0.1, 0.15) is 30.2 Å². The first-order chi connectivity index (χ1) is 17.0. The maximum absolute atomic E-state index is 11.2. The highest BCUT2D eigenvalue weighted by atomic mass is 32.1. The topological polar surface area (TPSA) is 118 Å². The quantitative estimate of drug-likeness (QED) is 0.446. The SMILES string of the molecule is CCc1nc2ccc(-n3nc(C)nc3[C@@H]3OC4COC(c5ccccc5)O[C@@H]4[C@H](N)C3O)cc2s1. The van der Waals surface area contributed by atoms with Crippen LogP contribution in [0.15, 0.2) is 48.5 Å². The molecule has 2 aliphatic rings. The molecule has 0 bridgehead atoms. The number of thiazole rings is 1. The third kappa shape index (κ3) is 4.06. The van der Waals surface area contributed by atoms with E-state index >= 15 is 0 Å². The summed E-state index contributed by atoms with van der Waals surface area (Å²) in [4.78, 5) is 9.26. The lowest BCUT2D eigenvalue weighted by atomic mass is 9.92. The second kappa shape index (κ2) is 9.05. The van der Waals surface area contributed by atoms with Gasteiger partial charge < -0.3 is 25.1 Å². The van der Waals surface area contributed by atoms with Crippen LogP contribution in [0.2, 0.25) is 0 Å². The number of aliphatic hydroxyl groups excluding tert-OH is 1. The van der Waals surface area contributed by atoms with Gasteiger partial charge in [0.2, 0.25) is 0 Å². The van der Waals surface area contributed by atoms with Crippen LogP contribution in [0.1, 0.15) is 41.5 Å². The molecule has 9 nitrogen and oxygen atoms in total. The summed E-state index contributed by atoms with van der Waals surface area (Å²) in [5, 5.41) is 16.9. The van der Waals surface area contributed by atoms with Crippen molar-refractivity contribution >= 4 is 21.6 Å². The molecule has 6 rings (SSSR count). The van der Waals surface area contributed by atoms with Crippen LogP contribution < -0.4 is 5.73 Å². The smallest absolute Gasteiger partial charge is 0.184 e. The number of fused-ring (bicyclic) bond motifs is 2. The van der Waals surface area contributed by atoms with Crippen molar-refractivity contribution < 1.29 is 19.3 Å². The Balaban J connectivity index is 1.29. The molecule has 3 N–H and O–H groups in total. The van der Waals surface area contributed by atoms with Gasteiger partial charge in [-0.2, -0.15) is 5.10 Å². The number of aliphatic hydroxyl groups is 1. The van der Waals surface area contributed by atoms with Crippen LogP contribution in [0.25, 0.3) is 15.9 Å². The lowest BCUT2D eigenvalue weighted by molar-refractivity contribution is -0.309. The van der Waals surface area contributed by atoms with Gasteiger partial charge in [0.25, 0.3) is 0 Å². The fraction of sp³-hybridized carbons (Fsp3) is 0.400. The molecule has 0 amide bonds. The van der Waals surface area contributed by atoms with Crippen molar-refractivity contribution in [1.29, 1.82) is 0 Å². The summed E-state index contributed by atoms with van der Waals surface area (Å²) in [6.07, 6.45) is -2.44. The summed E-state index contributed by atoms with van der Waals surface area (Å²) in [6.45, 7) is 4.20. The maximum atomic E-state index is 11.2. The minimum Gasteiger partial charge on any atom is -0.388 e. The molecule has 3 unspecified atom stereocenters. The average Bonchev–Trinajstić information content (AvgIpc) is 3.49. The first-order valence-corrected chi connectivity index (χ1v) is 12.6. The molecule has 4 aromatic rings. The number of hydrogen-bond acceptors (Lipinski definition) is 9. The maximum Gasteiger partial charge on any atom is 0.184 e. The molecule has 2 aliphatic heterocycles. The zero-order chi connectivity index (χ0) is 24.1. The van der Waals surface area contributed by atoms with Gasteiger partial charge in [-0.25, -0.2) is 14.6 Å². The Labute approximate surface area is 206 Å². The molecule has 35 heavy (non-hydrogen) atoms. The van der Waals surface area contributed by atoms with E-state index in [1.165, 1.54) is 0 Å². The van der Waals surface area contributed by atoms with E-state index in [4.69, 9.17) is 19.9 Å². The Hall–Kier alpha value is -2.73. The molecular formula is C25H27N5O4S. The Kier molecular flexibility index (Phi) is 5.87. The molecule has 0 radical (unpaired) electrons. The van der Waals surface area contributed by atoms with Crippen LogP contribution in [-0.4, -0.2) is 55.8 Å². The number of rotatable bonds is 4. The molecule has 10 heteroatoms. The van der Waals surface area contributed by atoms with E-state index in [0.717, 1.165) is 32.9 Å². The third-order valence-corrected chi connectivity index (χ3v) is 7.65. The van der Waals surface area contributed by atoms with Gasteiger partial charge in [0.05, 0.1) is 33.6 Å². The standard InChI is InChI=1S/C25H27N5O4S/c1-3-19-28-16-10-9-15(11-18(16)35-19)30-24(27-13(2)29-30)23-21(31)20(26)22-17(33-23)12-32-25(34-22)14-7-5-4-6-8-14/h4-11,17,20-23,25,31H,3,12,26H2,1-2H3/t17?,20-,21?,22+,23-,25?/m1/s1. The summed E-state index contributed by atoms with van der Waals surface area (Å²) < 4.78 is 21.2. The summed E-state index contributed by atoms with van der Waals surface area (Å²) in [7, 11) is 0. The van der Waals surface area contributed by atoms with Crippen molar-refractivity contribution in [2.24, 2.45) is 5.73 Å². The third-order valence-electron chi connectivity index (χ3n) is 6.49. The summed E-state index contributed by atoms with van der Waals surface area (Å²) in [5.74, 6) is 1.07. The lowest BCUT2D eigenvalue weighted by Gasteiger charge is -2.46. The number of aryl methyl sites for hydroxylation is 2. The Morgan fingerprint density at radius 1 is 1.14 bits per heavy atom. The highest BCUT2D eigenvalue weighted by Gasteiger charge is 2.49. The first-order valence-electron chi connectivity index (χ1n) is 11.8. The predicted molar refractivity (Wildman–Crippen MR) is 130 cm³/mol. The van der Waals surface area contributed by atoms with Gasteiger partial charge in [0, 0.05) is 5.56 Å². The van der Waals surface area contributed by atoms with Crippen LogP contribution >= 0.6 is 11.3 Å². The van der Waals surface area contributed by atoms with Gasteiger partial charge in [-0.1, -0.05) is 37.3 Å². The van der Waals surface area contributed by atoms with Crippen LogP contribution in [0.4, 0.5) is 0 Å². The number of nitrogens with zero attached hydrogens (tertiary/aromatic N) is 4. The second-order valence-electron chi connectivity index (χ2n) is 8.88. The van der Waals surface area contributed by atoms with Crippen molar-refractivity contribution in [2.45, 2.75) is 57.0 Å². The van der Waals surface area contributed by atoms with Gasteiger partial charge in [-0.3, -0.25) is 0 Å². The van der Waals surface area contributed by atoms with Gasteiger partial charge in [-0.05, 0) is 31.5 Å². The van der Waals surface area contributed by atoms with Crippen molar-refractivity contribution in [3.05, 3.63) is 70.8 Å². The first kappa shape index (κ1) is 22.7. The van der Waals surface area contributed by atoms with E-state index in [1.54, 1.807) is 16.0 Å². The minimum atomic E-state index is -1.04.